The normalized spacial score (nSPS) is 13.3. The molecule has 0 saturated heterocycles. The van der Waals surface area contributed by atoms with Crippen molar-refractivity contribution in [3.05, 3.63) is 28.7 Å². The third kappa shape index (κ3) is 4.47. The van der Waals surface area contributed by atoms with Gasteiger partial charge in [0.1, 0.15) is 6.54 Å². The summed E-state index contributed by atoms with van der Waals surface area (Å²) < 4.78 is 62.8. The highest BCUT2D eigenvalue weighted by Gasteiger charge is 2.38. The molecule has 0 heterocycles. The van der Waals surface area contributed by atoms with Gasteiger partial charge in [0, 0.05) is 10.5 Å². The standard InChI is InChI=1S/C11H13BrF3NO2S/c1-8(2)16(7-11(13,14)15)19(17,18)10-5-3-9(12)4-6-10/h3-6,8H,7H2,1-2H3. The van der Waals surface area contributed by atoms with Crippen molar-refractivity contribution in [2.24, 2.45) is 0 Å². The number of nitrogens with zero attached hydrogens (tertiary/aromatic N) is 1. The molecule has 0 saturated carbocycles. The van der Waals surface area contributed by atoms with Crippen LogP contribution in [-0.2, 0) is 10.0 Å². The minimum absolute atomic E-state index is 0.159. The molecule has 1 aromatic rings. The minimum atomic E-state index is -4.58. The van der Waals surface area contributed by atoms with Crippen LogP contribution in [0.15, 0.2) is 33.6 Å². The van der Waals surface area contributed by atoms with E-state index >= 15 is 0 Å². The number of sulfonamides is 1. The maximum absolute atomic E-state index is 12.5. The van der Waals surface area contributed by atoms with Gasteiger partial charge >= 0.3 is 6.18 Å². The first-order valence-electron chi connectivity index (χ1n) is 5.38. The van der Waals surface area contributed by atoms with Gasteiger partial charge in [-0.1, -0.05) is 15.9 Å². The Bertz CT molecular complexity index is 526. The molecule has 0 amide bonds. The van der Waals surface area contributed by atoms with E-state index in [-0.39, 0.29) is 4.90 Å². The molecule has 0 atom stereocenters. The van der Waals surface area contributed by atoms with E-state index in [1.165, 1.54) is 38.1 Å². The van der Waals surface area contributed by atoms with E-state index in [4.69, 9.17) is 0 Å². The van der Waals surface area contributed by atoms with Gasteiger partial charge < -0.3 is 0 Å². The lowest BCUT2D eigenvalue weighted by Crippen LogP contribution is -2.43. The highest BCUT2D eigenvalue weighted by molar-refractivity contribution is 9.10. The summed E-state index contributed by atoms with van der Waals surface area (Å²) in [5.41, 5.74) is 0. The zero-order valence-electron chi connectivity index (χ0n) is 10.3. The van der Waals surface area contributed by atoms with Gasteiger partial charge in [-0.25, -0.2) is 8.42 Å². The number of halogens is 4. The third-order valence-electron chi connectivity index (χ3n) is 2.33. The van der Waals surface area contributed by atoms with E-state index in [1.54, 1.807) is 0 Å². The number of benzene rings is 1. The van der Waals surface area contributed by atoms with Gasteiger partial charge in [-0.2, -0.15) is 17.5 Å². The smallest absolute Gasteiger partial charge is 0.207 e. The lowest BCUT2D eigenvalue weighted by Gasteiger charge is -2.26. The number of alkyl halides is 3. The van der Waals surface area contributed by atoms with E-state index in [1.807, 2.05) is 0 Å². The van der Waals surface area contributed by atoms with Crippen LogP contribution in [0.2, 0.25) is 0 Å². The van der Waals surface area contributed by atoms with Crippen LogP contribution < -0.4 is 0 Å². The van der Waals surface area contributed by atoms with E-state index in [2.05, 4.69) is 15.9 Å². The van der Waals surface area contributed by atoms with Crippen LogP contribution >= 0.6 is 15.9 Å². The monoisotopic (exact) mass is 359 g/mol. The van der Waals surface area contributed by atoms with E-state index in [0.29, 0.717) is 8.78 Å². The maximum Gasteiger partial charge on any atom is 0.402 e. The largest absolute Gasteiger partial charge is 0.402 e. The summed E-state index contributed by atoms with van der Waals surface area (Å²) in [5.74, 6) is 0. The Morgan fingerprint density at radius 3 is 2.05 bits per heavy atom. The summed E-state index contributed by atoms with van der Waals surface area (Å²) >= 11 is 3.14. The molecule has 0 bridgehead atoms. The summed E-state index contributed by atoms with van der Waals surface area (Å²) in [6.07, 6.45) is -4.58. The zero-order chi connectivity index (χ0) is 14.8. The fraction of sp³-hybridized carbons (Fsp3) is 0.455. The van der Waals surface area contributed by atoms with Crippen molar-refractivity contribution in [1.29, 1.82) is 0 Å². The maximum atomic E-state index is 12.5. The molecular weight excluding hydrogens is 347 g/mol. The summed E-state index contributed by atoms with van der Waals surface area (Å²) in [6, 6.07) is 4.70. The van der Waals surface area contributed by atoms with Crippen LogP contribution in [0.3, 0.4) is 0 Å². The van der Waals surface area contributed by atoms with Crippen molar-refractivity contribution in [2.75, 3.05) is 6.54 Å². The highest BCUT2D eigenvalue weighted by Crippen LogP contribution is 2.25. The molecule has 0 spiro atoms. The Labute approximate surface area is 118 Å². The summed E-state index contributed by atoms with van der Waals surface area (Å²) in [6.45, 7) is 1.31. The average molecular weight is 360 g/mol. The van der Waals surface area contributed by atoms with Gasteiger partial charge in [-0.15, -0.1) is 0 Å². The van der Waals surface area contributed by atoms with Crippen molar-refractivity contribution in [3.63, 3.8) is 0 Å². The van der Waals surface area contributed by atoms with Gasteiger partial charge in [0.15, 0.2) is 0 Å². The molecule has 0 aliphatic carbocycles. The van der Waals surface area contributed by atoms with Crippen molar-refractivity contribution >= 4 is 26.0 Å². The van der Waals surface area contributed by atoms with Gasteiger partial charge in [-0.3, -0.25) is 0 Å². The van der Waals surface area contributed by atoms with Crippen LogP contribution in [0.5, 0.6) is 0 Å². The van der Waals surface area contributed by atoms with Crippen LogP contribution in [-0.4, -0.2) is 31.5 Å². The van der Waals surface area contributed by atoms with Crippen molar-refractivity contribution in [2.45, 2.75) is 31.0 Å². The zero-order valence-corrected chi connectivity index (χ0v) is 12.7. The van der Waals surface area contributed by atoms with Crippen LogP contribution in [0, 0.1) is 0 Å². The lowest BCUT2D eigenvalue weighted by molar-refractivity contribution is -0.138. The van der Waals surface area contributed by atoms with Gasteiger partial charge in [0.05, 0.1) is 4.90 Å². The molecule has 8 heteroatoms. The molecule has 0 aromatic heterocycles. The first kappa shape index (κ1) is 16.5. The van der Waals surface area contributed by atoms with Gasteiger partial charge in [0.25, 0.3) is 0 Å². The Balaban J connectivity index is 3.17. The highest BCUT2D eigenvalue weighted by atomic mass is 79.9. The topological polar surface area (TPSA) is 37.4 Å². The second kappa shape index (κ2) is 5.80. The number of hydrogen-bond donors (Lipinski definition) is 0. The Hall–Kier alpha value is -0.600. The van der Waals surface area contributed by atoms with Crippen molar-refractivity contribution < 1.29 is 21.6 Å². The fourth-order valence-electron chi connectivity index (χ4n) is 1.46. The van der Waals surface area contributed by atoms with E-state index in [0.717, 1.165) is 0 Å². The Morgan fingerprint density at radius 1 is 1.21 bits per heavy atom. The second-order valence-corrected chi connectivity index (χ2v) is 7.02. The molecule has 0 unspecified atom stereocenters. The average Bonchev–Trinajstić information content (AvgIpc) is 2.25. The fourth-order valence-corrected chi connectivity index (χ4v) is 3.35. The molecule has 0 aliphatic rings. The van der Waals surface area contributed by atoms with Crippen LogP contribution in [0.25, 0.3) is 0 Å². The first-order valence-corrected chi connectivity index (χ1v) is 7.61. The summed E-state index contributed by atoms with van der Waals surface area (Å²) in [5, 5.41) is 0. The van der Waals surface area contributed by atoms with Gasteiger partial charge in [0.2, 0.25) is 10.0 Å². The first-order chi connectivity index (χ1) is 8.54. The Kier molecular flexibility index (Phi) is 5.02. The molecule has 1 aromatic carbocycles. The molecule has 3 nitrogen and oxygen atoms in total. The molecule has 1 rings (SSSR count). The van der Waals surface area contributed by atoms with E-state index in [9.17, 15) is 21.6 Å². The minimum Gasteiger partial charge on any atom is -0.207 e. The molecule has 108 valence electrons. The molecule has 0 aliphatic heterocycles. The third-order valence-corrected chi connectivity index (χ3v) is 4.90. The SMILES string of the molecule is CC(C)N(CC(F)(F)F)S(=O)(=O)c1ccc(Br)cc1. The van der Waals surface area contributed by atoms with Crippen molar-refractivity contribution in [3.8, 4) is 0 Å². The molecule has 19 heavy (non-hydrogen) atoms. The molecule has 0 N–H and O–H groups in total. The van der Waals surface area contributed by atoms with E-state index < -0.39 is 28.8 Å². The van der Waals surface area contributed by atoms with Crippen LogP contribution in [0.4, 0.5) is 13.2 Å². The molecule has 0 fully saturated rings. The predicted octanol–water partition coefficient (Wildman–Crippen LogP) is 3.41. The van der Waals surface area contributed by atoms with Gasteiger partial charge in [-0.05, 0) is 38.1 Å². The number of rotatable bonds is 4. The quantitative estimate of drug-likeness (QED) is 0.825. The lowest BCUT2D eigenvalue weighted by atomic mass is 10.4. The molecular formula is C11H13BrF3NO2S. The second-order valence-electron chi connectivity index (χ2n) is 4.21. The molecule has 0 radical (unpaired) electrons. The summed E-state index contributed by atoms with van der Waals surface area (Å²) in [7, 11) is -4.16. The summed E-state index contributed by atoms with van der Waals surface area (Å²) in [4.78, 5) is -0.159. The van der Waals surface area contributed by atoms with Crippen LogP contribution in [0.1, 0.15) is 13.8 Å². The predicted molar refractivity (Wildman–Crippen MR) is 69.2 cm³/mol. The van der Waals surface area contributed by atoms with Crippen molar-refractivity contribution in [1.82, 2.24) is 4.31 Å². The number of hydrogen-bond acceptors (Lipinski definition) is 2. The Morgan fingerprint density at radius 2 is 1.68 bits per heavy atom.